The molecule has 2 rings (SSSR count). The summed E-state index contributed by atoms with van der Waals surface area (Å²) < 4.78 is 10.9. The zero-order chi connectivity index (χ0) is 13.1. The number of rotatable bonds is 3. The molecule has 0 aromatic heterocycles. The van der Waals surface area contributed by atoms with Crippen molar-refractivity contribution in [2.45, 2.75) is 37.9 Å². The summed E-state index contributed by atoms with van der Waals surface area (Å²) in [6.07, 6.45) is -3.35. The molecular weight excluding hydrogens is 236 g/mol. The van der Waals surface area contributed by atoms with Gasteiger partial charge in [-0.25, -0.2) is 0 Å². The van der Waals surface area contributed by atoms with Crippen LogP contribution in [0.25, 0.3) is 0 Å². The molecular formula is C13H18O5. The van der Waals surface area contributed by atoms with Crippen molar-refractivity contribution < 1.29 is 24.8 Å². The molecule has 1 saturated heterocycles. The smallest absolute Gasteiger partial charge is 0.229 e. The Morgan fingerprint density at radius 2 is 1.94 bits per heavy atom. The van der Waals surface area contributed by atoms with Crippen LogP contribution in [-0.4, -0.2) is 46.5 Å². The lowest BCUT2D eigenvalue weighted by atomic mass is 10.0. The fourth-order valence-electron chi connectivity index (χ4n) is 1.88. The summed E-state index contributed by atoms with van der Waals surface area (Å²) in [5.41, 5.74) is 1.10. The summed E-state index contributed by atoms with van der Waals surface area (Å²) >= 11 is 0. The fourth-order valence-corrected chi connectivity index (χ4v) is 1.88. The monoisotopic (exact) mass is 254 g/mol. The average molecular weight is 254 g/mol. The zero-order valence-corrected chi connectivity index (χ0v) is 10.2. The van der Waals surface area contributed by atoms with Gasteiger partial charge in [0.05, 0.1) is 18.8 Å². The Hall–Kier alpha value is -1.14. The molecule has 3 N–H and O–H groups in total. The quantitative estimate of drug-likeness (QED) is 0.718. The topological polar surface area (TPSA) is 79.2 Å². The van der Waals surface area contributed by atoms with Crippen molar-refractivity contribution in [3.8, 4) is 5.75 Å². The molecule has 1 aromatic rings. The van der Waals surface area contributed by atoms with Gasteiger partial charge in [-0.15, -0.1) is 0 Å². The lowest BCUT2D eigenvalue weighted by Gasteiger charge is -2.36. The van der Waals surface area contributed by atoms with E-state index in [9.17, 15) is 10.2 Å². The Labute approximate surface area is 106 Å². The number of benzene rings is 1. The maximum absolute atomic E-state index is 9.79. The summed E-state index contributed by atoms with van der Waals surface area (Å²) in [5.74, 6) is 0.551. The standard InChI is InChI=1S/C13H18O5/c1-8-2-4-9(5-3-8)17-13-12(16)11(15)6-10(7-14)18-13/h2-5,10-16H,6-7H2,1H3/t10?,11-,12+,13+/m0/s1. The second-order valence-corrected chi connectivity index (χ2v) is 4.53. The van der Waals surface area contributed by atoms with Crippen LogP contribution < -0.4 is 4.74 Å². The Morgan fingerprint density at radius 3 is 2.56 bits per heavy atom. The molecule has 0 aliphatic carbocycles. The SMILES string of the molecule is Cc1ccc(O[C@@H]2OC(CO)C[C@H](O)[C@H]2O)cc1. The van der Waals surface area contributed by atoms with Gasteiger partial charge < -0.3 is 24.8 Å². The van der Waals surface area contributed by atoms with Gasteiger partial charge in [0.15, 0.2) is 0 Å². The maximum atomic E-state index is 9.79. The molecule has 0 amide bonds. The largest absolute Gasteiger partial charge is 0.462 e. The average Bonchev–Trinajstić information content (AvgIpc) is 2.37. The van der Waals surface area contributed by atoms with E-state index in [0.29, 0.717) is 5.75 Å². The molecule has 18 heavy (non-hydrogen) atoms. The third-order valence-corrected chi connectivity index (χ3v) is 2.98. The van der Waals surface area contributed by atoms with E-state index in [1.54, 1.807) is 12.1 Å². The van der Waals surface area contributed by atoms with Gasteiger partial charge in [0.25, 0.3) is 0 Å². The molecule has 0 radical (unpaired) electrons. The molecule has 0 saturated carbocycles. The Balaban J connectivity index is 2.04. The molecule has 1 unspecified atom stereocenters. The highest BCUT2D eigenvalue weighted by molar-refractivity contribution is 5.26. The Kier molecular flexibility index (Phi) is 4.19. The third kappa shape index (κ3) is 3.00. The summed E-state index contributed by atoms with van der Waals surface area (Å²) in [4.78, 5) is 0. The molecule has 0 spiro atoms. The first-order chi connectivity index (χ1) is 8.60. The summed E-state index contributed by atoms with van der Waals surface area (Å²) in [6, 6.07) is 7.29. The molecule has 5 heteroatoms. The highest BCUT2D eigenvalue weighted by Gasteiger charge is 2.37. The normalized spacial score (nSPS) is 32.2. The van der Waals surface area contributed by atoms with Crippen LogP contribution >= 0.6 is 0 Å². The van der Waals surface area contributed by atoms with Crippen LogP contribution in [0.1, 0.15) is 12.0 Å². The first-order valence-electron chi connectivity index (χ1n) is 5.96. The molecule has 0 bridgehead atoms. The van der Waals surface area contributed by atoms with Gasteiger partial charge in [-0.05, 0) is 19.1 Å². The molecule has 1 aromatic carbocycles. The van der Waals surface area contributed by atoms with E-state index in [1.807, 2.05) is 19.1 Å². The fraction of sp³-hybridized carbons (Fsp3) is 0.538. The van der Waals surface area contributed by atoms with E-state index in [0.717, 1.165) is 5.56 Å². The molecule has 1 fully saturated rings. The molecule has 5 nitrogen and oxygen atoms in total. The first-order valence-corrected chi connectivity index (χ1v) is 5.96. The van der Waals surface area contributed by atoms with Gasteiger partial charge in [0.2, 0.25) is 6.29 Å². The highest BCUT2D eigenvalue weighted by Crippen LogP contribution is 2.23. The van der Waals surface area contributed by atoms with Crippen LogP contribution in [0.3, 0.4) is 0 Å². The number of ether oxygens (including phenoxy) is 2. The summed E-state index contributed by atoms with van der Waals surface area (Å²) in [6.45, 7) is 1.75. The summed E-state index contributed by atoms with van der Waals surface area (Å²) in [7, 11) is 0. The minimum absolute atomic E-state index is 0.200. The van der Waals surface area contributed by atoms with Crippen LogP contribution in [0.4, 0.5) is 0 Å². The third-order valence-electron chi connectivity index (χ3n) is 2.98. The van der Waals surface area contributed by atoms with Crippen molar-refractivity contribution in [3.05, 3.63) is 29.8 Å². The van der Waals surface area contributed by atoms with Crippen molar-refractivity contribution in [2.24, 2.45) is 0 Å². The minimum atomic E-state index is -1.12. The van der Waals surface area contributed by atoms with Gasteiger partial charge in [-0.1, -0.05) is 17.7 Å². The van der Waals surface area contributed by atoms with E-state index >= 15 is 0 Å². The van der Waals surface area contributed by atoms with Gasteiger partial charge in [0.1, 0.15) is 11.9 Å². The van der Waals surface area contributed by atoms with Crippen LogP contribution in [0, 0.1) is 6.92 Å². The van der Waals surface area contributed by atoms with Gasteiger partial charge in [-0.2, -0.15) is 0 Å². The number of aliphatic hydroxyl groups is 3. The van der Waals surface area contributed by atoms with E-state index in [2.05, 4.69) is 0 Å². The van der Waals surface area contributed by atoms with Gasteiger partial charge in [0, 0.05) is 6.42 Å². The molecule has 1 aliphatic heterocycles. The molecule has 1 heterocycles. The van der Waals surface area contributed by atoms with Gasteiger partial charge in [-0.3, -0.25) is 0 Å². The molecule has 100 valence electrons. The first kappa shape index (κ1) is 13.3. The molecule has 1 aliphatic rings. The minimum Gasteiger partial charge on any atom is -0.462 e. The predicted octanol–water partition coefficient (Wildman–Crippen LogP) is 0.203. The van der Waals surface area contributed by atoms with E-state index in [4.69, 9.17) is 14.6 Å². The summed E-state index contributed by atoms with van der Waals surface area (Å²) in [5, 5.41) is 28.5. The van der Waals surface area contributed by atoms with Crippen molar-refractivity contribution in [2.75, 3.05) is 6.61 Å². The Bertz CT molecular complexity index is 377. The maximum Gasteiger partial charge on any atom is 0.229 e. The van der Waals surface area contributed by atoms with Crippen LogP contribution in [0.5, 0.6) is 5.75 Å². The van der Waals surface area contributed by atoms with Crippen molar-refractivity contribution >= 4 is 0 Å². The lowest BCUT2D eigenvalue weighted by molar-refractivity contribution is -0.240. The second-order valence-electron chi connectivity index (χ2n) is 4.53. The van der Waals surface area contributed by atoms with Crippen LogP contribution in [0.2, 0.25) is 0 Å². The van der Waals surface area contributed by atoms with E-state index in [1.165, 1.54) is 0 Å². The zero-order valence-electron chi connectivity index (χ0n) is 10.2. The van der Waals surface area contributed by atoms with Crippen LogP contribution in [0.15, 0.2) is 24.3 Å². The Morgan fingerprint density at radius 1 is 1.28 bits per heavy atom. The number of hydrogen-bond acceptors (Lipinski definition) is 5. The molecule has 4 atom stereocenters. The lowest BCUT2D eigenvalue weighted by Crippen LogP contribution is -2.51. The highest BCUT2D eigenvalue weighted by atomic mass is 16.7. The van der Waals surface area contributed by atoms with Gasteiger partial charge >= 0.3 is 0 Å². The van der Waals surface area contributed by atoms with E-state index < -0.39 is 24.6 Å². The van der Waals surface area contributed by atoms with Crippen molar-refractivity contribution in [3.63, 3.8) is 0 Å². The predicted molar refractivity (Wildman–Crippen MR) is 64.2 cm³/mol. The number of aryl methyl sites for hydroxylation is 1. The van der Waals surface area contributed by atoms with Crippen LogP contribution in [-0.2, 0) is 4.74 Å². The van der Waals surface area contributed by atoms with Crippen molar-refractivity contribution in [1.82, 2.24) is 0 Å². The van der Waals surface area contributed by atoms with E-state index in [-0.39, 0.29) is 13.0 Å². The van der Waals surface area contributed by atoms with Crippen molar-refractivity contribution in [1.29, 1.82) is 0 Å². The number of hydrogen-bond donors (Lipinski definition) is 3. The second kappa shape index (κ2) is 5.67. The number of aliphatic hydroxyl groups excluding tert-OH is 3.